The Balaban J connectivity index is 1.44. The fourth-order valence-electron chi connectivity index (χ4n) is 3.09. The highest BCUT2D eigenvalue weighted by molar-refractivity contribution is 5.94. The van der Waals surface area contributed by atoms with Crippen molar-refractivity contribution in [3.05, 3.63) is 72.3 Å². The number of benzene rings is 3. The first-order valence-electron chi connectivity index (χ1n) is 9.97. The van der Waals surface area contributed by atoms with Crippen molar-refractivity contribution in [1.29, 1.82) is 0 Å². The number of ether oxygens (including phenoxy) is 2. The van der Waals surface area contributed by atoms with E-state index in [-0.39, 0.29) is 18.9 Å². The van der Waals surface area contributed by atoms with Crippen LogP contribution < -0.4 is 15.4 Å². The van der Waals surface area contributed by atoms with Gasteiger partial charge in [0.25, 0.3) is 5.91 Å². The van der Waals surface area contributed by atoms with E-state index >= 15 is 0 Å². The Morgan fingerprint density at radius 2 is 1.61 bits per heavy atom. The van der Waals surface area contributed by atoms with E-state index in [1.807, 2.05) is 49.4 Å². The second-order valence-electron chi connectivity index (χ2n) is 6.73. The van der Waals surface area contributed by atoms with Gasteiger partial charge in [0.15, 0.2) is 6.61 Å². The molecule has 0 heterocycles. The molecule has 0 aromatic heterocycles. The molecular formula is C24H24N2O5. The first kappa shape index (κ1) is 21.8. The molecule has 0 spiro atoms. The normalized spacial score (nSPS) is 10.4. The monoisotopic (exact) mass is 420 g/mol. The van der Waals surface area contributed by atoms with Gasteiger partial charge in [-0.1, -0.05) is 54.6 Å². The standard InChI is InChI=1S/C24H24N2O5/c1-2-30-21-13-6-5-12-20(21)26-23(28)16-31-24(29)15-25-22(27)14-18-10-7-9-17-8-3-4-11-19(17)18/h3-13H,2,14-16H2,1H3,(H,25,27)(H,26,28). The lowest BCUT2D eigenvalue weighted by Gasteiger charge is -2.11. The predicted molar refractivity (Wildman–Crippen MR) is 118 cm³/mol. The van der Waals surface area contributed by atoms with Crippen LogP contribution >= 0.6 is 0 Å². The summed E-state index contributed by atoms with van der Waals surface area (Å²) < 4.78 is 10.4. The smallest absolute Gasteiger partial charge is 0.325 e. The minimum atomic E-state index is -0.695. The first-order chi connectivity index (χ1) is 15.1. The maximum Gasteiger partial charge on any atom is 0.325 e. The Morgan fingerprint density at radius 3 is 2.45 bits per heavy atom. The number of rotatable bonds is 9. The molecule has 0 aliphatic rings. The molecule has 0 radical (unpaired) electrons. The van der Waals surface area contributed by atoms with Crippen molar-refractivity contribution in [1.82, 2.24) is 5.32 Å². The van der Waals surface area contributed by atoms with Crippen LogP contribution in [-0.4, -0.2) is 37.5 Å². The van der Waals surface area contributed by atoms with Crippen molar-refractivity contribution in [3.8, 4) is 5.75 Å². The first-order valence-corrected chi connectivity index (χ1v) is 9.97. The van der Waals surface area contributed by atoms with Crippen LogP contribution in [0.3, 0.4) is 0 Å². The minimum absolute atomic E-state index is 0.142. The summed E-state index contributed by atoms with van der Waals surface area (Å²) in [6.45, 7) is 1.53. The van der Waals surface area contributed by atoms with Crippen LogP contribution in [0.5, 0.6) is 5.75 Å². The largest absolute Gasteiger partial charge is 0.492 e. The van der Waals surface area contributed by atoms with Crippen molar-refractivity contribution >= 4 is 34.2 Å². The lowest BCUT2D eigenvalue weighted by molar-refractivity contribution is -0.147. The Labute approximate surface area is 180 Å². The Morgan fingerprint density at radius 1 is 0.871 bits per heavy atom. The molecule has 2 N–H and O–H groups in total. The summed E-state index contributed by atoms with van der Waals surface area (Å²) in [5.41, 5.74) is 1.37. The topological polar surface area (TPSA) is 93.7 Å². The molecule has 3 aromatic carbocycles. The lowest BCUT2D eigenvalue weighted by Crippen LogP contribution is -2.33. The van der Waals surface area contributed by atoms with Gasteiger partial charge in [0.1, 0.15) is 12.3 Å². The summed E-state index contributed by atoms with van der Waals surface area (Å²) in [7, 11) is 0. The van der Waals surface area contributed by atoms with E-state index in [2.05, 4.69) is 10.6 Å². The van der Waals surface area contributed by atoms with E-state index in [1.54, 1.807) is 24.3 Å². The van der Waals surface area contributed by atoms with Crippen molar-refractivity contribution in [3.63, 3.8) is 0 Å². The zero-order valence-corrected chi connectivity index (χ0v) is 17.2. The predicted octanol–water partition coefficient (Wildman–Crippen LogP) is 3.08. The average Bonchev–Trinajstić information content (AvgIpc) is 2.78. The summed E-state index contributed by atoms with van der Waals surface area (Å²) in [4.78, 5) is 36.2. The molecule has 0 atom stereocenters. The SMILES string of the molecule is CCOc1ccccc1NC(=O)COC(=O)CNC(=O)Cc1cccc2ccccc12. The summed E-state index contributed by atoms with van der Waals surface area (Å²) in [5, 5.41) is 7.20. The highest BCUT2D eigenvalue weighted by atomic mass is 16.5. The Bertz CT molecular complexity index is 1080. The number of carbonyl (C=O) groups excluding carboxylic acids is 3. The zero-order valence-electron chi connectivity index (χ0n) is 17.2. The summed E-state index contributed by atoms with van der Waals surface area (Å²) in [6, 6.07) is 20.5. The van der Waals surface area contributed by atoms with Gasteiger partial charge in [-0.15, -0.1) is 0 Å². The maximum atomic E-state index is 12.2. The second kappa shape index (κ2) is 10.8. The van der Waals surface area contributed by atoms with E-state index in [9.17, 15) is 14.4 Å². The van der Waals surface area contributed by atoms with Crippen molar-refractivity contribution < 1.29 is 23.9 Å². The van der Waals surface area contributed by atoms with Gasteiger partial charge in [-0.3, -0.25) is 14.4 Å². The van der Waals surface area contributed by atoms with Gasteiger partial charge in [0.05, 0.1) is 18.7 Å². The third-order valence-corrected chi connectivity index (χ3v) is 4.49. The third-order valence-electron chi connectivity index (χ3n) is 4.49. The van der Waals surface area contributed by atoms with E-state index in [0.717, 1.165) is 16.3 Å². The van der Waals surface area contributed by atoms with Gasteiger partial charge < -0.3 is 20.1 Å². The Kier molecular flexibility index (Phi) is 7.59. The van der Waals surface area contributed by atoms with Crippen molar-refractivity contribution in [2.24, 2.45) is 0 Å². The molecule has 160 valence electrons. The fraction of sp³-hybridized carbons (Fsp3) is 0.208. The zero-order chi connectivity index (χ0) is 22.1. The van der Waals surface area contributed by atoms with E-state index in [0.29, 0.717) is 18.0 Å². The van der Waals surface area contributed by atoms with Crippen LogP contribution in [0.15, 0.2) is 66.7 Å². The van der Waals surface area contributed by atoms with Crippen molar-refractivity contribution in [2.75, 3.05) is 25.1 Å². The molecule has 31 heavy (non-hydrogen) atoms. The van der Waals surface area contributed by atoms with Gasteiger partial charge in [-0.25, -0.2) is 0 Å². The van der Waals surface area contributed by atoms with Gasteiger partial charge >= 0.3 is 5.97 Å². The van der Waals surface area contributed by atoms with Crippen LogP contribution in [0.2, 0.25) is 0 Å². The number of amides is 2. The van der Waals surface area contributed by atoms with Gasteiger partial charge in [-0.2, -0.15) is 0 Å². The average molecular weight is 420 g/mol. The van der Waals surface area contributed by atoms with E-state index in [4.69, 9.17) is 9.47 Å². The second-order valence-corrected chi connectivity index (χ2v) is 6.73. The van der Waals surface area contributed by atoms with E-state index in [1.165, 1.54) is 0 Å². The molecule has 3 rings (SSSR count). The minimum Gasteiger partial charge on any atom is -0.492 e. The summed E-state index contributed by atoms with van der Waals surface area (Å²) in [5.74, 6) is -0.962. The highest BCUT2D eigenvalue weighted by Crippen LogP contribution is 2.23. The third kappa shape index (κ3) is 6.30. The van der Waals surface area contributed by atoms with Gasteiger partial charge in [-0.05, 0) is 35.4 Å². The highest BCUT2D eigenvalue weighted by Gasteiger charge is 2.12. The number of esters is 1. The van der Waals surface area contributed by atoms with Crippen LogP contribution in [-0.2, 0) is 25.5 Å². The van der Waals surface area contributed by atoms with Crippen LogP contribution in [0.1, 0.15) is 12.5 Å². The molecule has 7 nitrogen and oxygen atoms in total. The number of carbonyl (C=O) groups is 3. The van der Waals surface area contributed by atoms with Crippen LogP contribution in [0.4, 0.5) is 5.69 Å². The molecule has 0 saturated carbocycles. The number of fused-ring (bicyclic) bond motifs is 1. The number of nitrogens with one attached hydrogen (secondary N) is 2. The van der Waals surface area contributed by atoms with Crippen LogP contribution in [0.25, 0.3) is 10.8 Å². The number of anilines is 1. The van der Waals surface area contributed by atoms with Gasteiger partial charge in [0, 0.05) is 0 Å². The maximum absolute atomic E-state index is 12.2. The number of hydrogen-bond acceptors (Lipinski definition) is 5. The summed E-state index contributed by atoms with van der Waals surface area (Å²) in [6.07, 6.45) is 0.142. The van der Waals surface area contributed by atoms with Crippen LogP contribution in [0, 0.1) is 0 Å². The molecule has 7 heteroatoms. The van der Waals surface area contributed by atoms with Crippen molar-refractivity contribution in [2.45, 2.75) is 13.3 Å². The quantitative estimate of drug-likeness (QED) is 0.519. The molecule has 0 saturated heterocycles. The molecule has 0 bridgehead atoms. The summed E-state index contributed by atoms with van der Waals surface area (Å²) >= 11 is 0. The Hall–Kier alpha value is -3.87. The number of hydrogen-bond donors (Lipinski definition) is 2. The van der Waals surface area contributed by atoms with Gasteiger partial charge in [0.2, 0.25) is 5.91 Å². The molecular weight excluding hydrogens is 396 g/mol. The molecule has 0 fully saturated rings. The molecule has 0 aliphatic carbocycles. The molecule has 0 unspecified atom stereocenters. The molecule has 3 aromatic rings. The lowest BCUT2D eigenvalue weighted by atomic mass is 10.0. The van der Waals surface area contributed by atoms with E-state index < -0.39 is 18.5 Å². The molecule has 2 amide bonds. The fourth-order valence-corrected chi connectivity index (χ4v) is 3.09. The molecule has 0 aliphatic heterocycles. The number of para-hydroxylation sites is 2.